The van der Waals surface area contributed by atoms with Gasteiger partial charge in [-0.15, -0.1) is 0 Å². The molecule has 3 rings (SSSR count). The maximum atomic E-state index is 5.67. The van der Waals surface area contributed by atoms with E-state index in [0.29, 0.717) is 6.04 Å². The van der Waals surface area contributed by atoms with Crippen molar-refractivity contribution in [3.63, 3.8) is 0 Å². The molecule has 19 heavy (non-hydrogen) atoms. The Labute approximate surface area is 116 Å². The second-order valence-corrected chi connectivity index (χ2v) is 6.22. The molecule has 2 heteroatoms. The molecular weight excluding hydrogens is 234 g/mol. The van der Waals surface area contributed by atoms with Gasteiger partial charge in [-0.3, -0.25) is 0 Å². The molecule has 0 spiro atoms. The Kier molecular flexibility index (Phi) is 3.64. The number of benzene rings is 1. The molecule has 1 unspecified atom stereocenters. The first-order chi connectivity index (χ1) is 9.22. The molecule has 1 N–H and O–H groups in total. The van der Waals surface area contributed by atoms with Crippen LogP contribution in [0.1, 0.15) is 55.3 Å². The van der Waals surface area contributed by atoms with Gasteiger partial charge in [0.1, 0.15) is 0 Å². The highest BCUT2D eigenvalue weighted by atomic mass is 16.5. The van der Waals surface area contributed by atoms with Gasteiger partial charge in [-0.1, -0.05) is 18.2 Å². The lowest BCUT2D eigenvalue weighted by molar-refractivity contribution is -0.0706. The van der Waals surface area contributed by atoms with Crippen LogP contribution in [-0.2, 0) is 17.6 Å². The predicted molar refractivity (Wildman–Crippen MR) is 78.5 cm³/mol. The van der Waals surface area contributed by atoms with Crippen LogP contribution in [0.15, 0.2) is 18.2 Å². The maximum absolute atomic E-state index is 5.67. The minimum Gasteiger partial charge on any atom is -0.377 e. The van der Waals surface area contributed by atoms with Crippen LogP contribution in [0.2, 0.25) is 0 Å². The zero-order valence-electron chi connectivity index (χ0n) is 12.2. The van der Waals surface area contributed by atoms with Crippen LogP contribution >= 0.6 is 0 Å². The second kappa shape index (κ2) is 5.26. The van der Waals surface area contributed by atoms with Gasteiger partial charge in [-0.25, -0.2) is 0 Å². The lowest BCUT2D eigenvalue weighted by Gasteiger charge is -2.41. The highest BCUT2D eigenvalue weighted by molar-refractivity contribution is 5.36. The van der Waals surface area contributed by atoms with Gasteiger partial charge in [-0.2, -0.15) is 0 Å². The van der Waals surface area contributed by atoms with Gasteiger partial charge in [0.15, 0.2) is 0 Å². The average molecular weight is 259 g/mol. The van der Waals surface area contributed by atoms with E-state index in [1.807, 2.05) is 7.11 Å². The summed E-state index contributed by atoms with van der Waals surface area (Å²) in [4.78, 5) is 0. The molecule has 0 amide bonds. The van der Waals surface area contributed by atoms with Crippen molar-refractivity contribution in [2.75, 3.05) is 13.7 Å². The number of hydrogen-bond donors (Lipinski definition) is 1. The standard InChI is InChI=1S/C17H25NO/c1-13(18-12-17(19-2)9-4-10-17)15-8-7-14-5-3-6-16(14)11-15/h7-8,11,13,18H,3-6,9-10,12H2,1-2H3. The van der Waals surface area contributed by atoms with Gasteiger partial charge < -0.3 is 10.1 Å². The Morgan fingerprint density at radius 1 is 1.21 bits per heavy atom. The number of nitrogens with one attached hydrogen (secondary N) is 1. The maximum Gasteiger partial charge on any atom is 0.0802 e. The van der Waals surface area contributed by atoms with Gasteiger partial charge in [0.25, 0.3) is 0 Å². The van der Waals surface area contributed by atoms with Gasteiger partial charge >= 0.3 is 0 Å². The van der Waals surface area contributed by atoms with E-state index in [9.17, 15) is 0 Å². The summed E-state index contributed by atoms with van der Waals surface area (Å²) in [5, 5.41) is 3.66. The average Bonchev–Trinajstić information content (AvgIpc) is 2.84. The van der Waals surface area contributed by atoms with Crippen molar-refractivity contribution < 1.29 is 4.74 Å². The van der Waals surface area contributed by atoms with Crippen LogP contribution in [0.5, 0.6) is 0 Å². The fourth-order valence-corrected chi connectivity index (χ4v) is 3.34. The van der Waals surface area contributed by atoms with Gasteiger partial charge in [0, 0.05) is 19.7 Å². The molecule has 0 aliphatic heterocycles. The fourth-order valence-electron chi connectivity index (χ4n) is 3.34. The van der Waals surface area contributed by atoms with Crippen molar-refractivity contribution in [3.05, 3.63) is 34.9 Å². The summed E-state index contributed by atoms with van der Waals surface area (Å²) in [5.74, 6) is 0. The smallest absolute Gasteiger partial charge is 0.0802 e. The third-order valence-electron chi connectivity index (χ3n) is 5.05. The molecule has 2 aliphatic carbocycles. The van der Waals surface area contributed by atoms with E-state index in [0.717, 1.165) is 6.54 Å². The van der Waals surface area contributed by atoms with Crippen molar-refractivity contribution in [1.29, 1.82) is 0 Å². The minimum absolute atomic E-state index is 0.116. The molecule has 1 saturated carbocycles. The Morgan fingerprint density at radius 3 is 2.68 bits per heavy atom. The van der Waals surface area contributed by atoms with E-state index in [1.54, 1.807) is 11.1 Å². The van der Waals surface area contributed by atoms with Crippen LogP contribution < -0.4 is 5.32 Å². The lowest BCUT2D eigenvalue weighted by atomic mass is 9.79. The van der Waals surface area contributed by atoms with Crippen molar-refractivity contribution in [2.24, 2.45) is 0 Å². The van der Waals surface area contributed by atoms with E-state index < -0.39 is 0 Å². The van der Waals surface area contributed by atoms with E-state index in [-0.39, 0.29) is 5.60 Å². The molecule has 104 valence electrons. The molecule has 1 fully saturated rings. The molecule has 2 nitrogen and oxygen atoms in total. The molecule has 0 heterocycles. The first-order valence-electron chi connectivity index (χ1n) is 7.63. The zero-order valence-corrected chi connectivity index (χ0v) is 12.2. The Hall–Kier alpha value is -0.860. The Bertz CT molecular complexity index is 445. The molecule has 0 bridgehead atoms. The van der Waals surface area contributed by atoms with E-state index >= 15 is 0 Å². The lowest BCUT2D eigenvalue weighted by Crippen LogP contribution is -2.48. The molecule has 1 aromatic rings. The summed E-state index contributed by atoms with van der Waals surface area (Å²) >= 11 is 0. The number of hydrogen-bond acceptors (Lipinski definition) is 2. The molecular formula is C17H25NO. The van der Waals surface area contributed by atoms with E-state index in [4.69, 9.17) is 4.74 Å². The summed E-state index contributed by atoms with van der Waals surface area (Å²) in [6, 6.07) is 7.44. The summed E-state index contributed by atoms with van der Waals surface area (Å²) < 4.78 is 5.67. The first-order valence-corrected chi connectivity index (χ1v) is 7.63. The highest BCUT2D eigenvalue weighted by Gasteiger charge is 2.36. The van der Waals surface area contributed by atoms with Crippen molar-refractivity contribution in [1.82, 2.24) is 5.32 Å². The SMILES string of the molecule is COC1(CNC(C)c2ccc3c(c2)CCC3)CCC1. The van der Waals surface area contributed by atoms with Gasteiger partial charge in [0.2, 0.25) is 0 Å². The highest BCUT2D eigenvalue weighted by Crippen LogP contribution is 2.35. The van der Waals surface area contributed by atoms with Crippen LogP contribution in [0.3, 0.4) is 0 Å². The molecule has 1 aromatic carbocycles. The molecule has 2 aliphatic rings. The first kappa shape index (κ1) is 13.1. The fraction of sp³-hybridized carbons (Fsp3) is 0.647. The van der Waals surface area contributed by atoms with Crippen LogP contribution in [0.25, 0.3) is 0 Å². The van der Waals surface area contributed by atoms with Gasteiger partial charge in [0.05, 0.1) is 5.60 Å². The second-order valence-electron chi connectivity index (χ2n) is 6.22. The molecule has 0 aromatic heterocycles. The molecule has 1 atom stereocenters. The number of fused-ring (bicyclic) bond motifs is 1. The largest absolute Gasteiger partial charge is 0.377 e. The van der Waals surface area contributed by atoms with Gasteiger partial charge in [-0.05, 0) is 62.1 Å². The van der Waals surface area contributed by atoms with E-state index in [2.05, 4.69) is 30.4 Å². The van der Waals surface area contributed by atoms with Crippen molar-refractivity contribution >= 4 is 0 Å². The summed E-state index contributed by atoms with van der Waals surface area (Å²) in [6.07, 6.45) is 7.57. The number of ether oxygens (including phenoxy) is 1. The summed E-state index contributed by atoms with van der Waals surface area (Å²) in [5.41, 5.74) is 4.66. The quantitative estimate of drug-likeness (QED) is 0.875. The number of rotatable bonds is 5. The Balaban J connectivity index is 1.62. The van der Waals surface area contributed by atoms with Crippen LogP contribution in [0, 0.1) is 0 Å². The summed E-state index contributed by atoms with van der Waals surface area (Å²) in [6.45, 7) is 3.24. The monoisotopic (exact) mass is 259 g/mol. The molecule has 0 radical (unpaired) electrons. The van der Waals surface area contributed by atoms with Crippen molar-refractivity contribution in [3.8, 4) is 0 Å². The Morgan fingerprint density at radius 2 is 2.00 bits per heavy atom. The minimum atomic E-state index is 0.116. The number of methoxy groups -OCH3 is 1. The number of aryl methyl sites for hydroxylation is 2. The van der Waals surface area contributed by atoms with Crippen molar-refractivity contribution in [2.45, 2.75) is 57.1 Å². The van der Waals surface area contributed by atoms with Crippen LogP contribution in [-0.4, -0.2) is 19.3 Å². The van der Waals surface area contributed by atoms with Crippen LogP contribution in [0.4, 0.5) is 0 Å². The normalized spacial score (nSPS) is 21.8. The summed E-state index contributed by atoms with van der Waals surface area (Å²) in [7, 11) is 1.85. The molecule has 0 saturated heterocycles. The third-order valence-corrected chi connectivity index (χ3v) is 5.05. The topological polar surface area (TPSA) is 21.3 Å². The predicted octanol–water partition coefficient (Wildman–Crippen LogP) is 3.40. The zero-order chi connectivity index (χ0) is 13.3. The van der Waals surface area contributed by atoms with E-state index in [1.165, 1.54) is 44.1 Å². The third kappa shape index (κ3) is 2.56.